The number of anilines is 1. The van der Waals surface area contributed by atoms with Gasteiger partial charge in [-0.05, 0) is 33.0 Å². The molecular weight excluding hydrogens is 242 g/mol. The van der Waals surface area contributed by atoms with Crippen LogP contribution in [0.4, 0.5) is 5.82 Å². The van der Waals surface area contributed by atoms with Crippen molar-refractivity contribution < 1.29 is 5.21 Å². The molecule has 1 aliphatic rings. The van der Waals surface area contributed by atoms with Crippen molar-refractivity contribution in [2.24, 2.45) is 10.9 Å². The number of hydrogen-bond donors (Lipinski definition) is 2. The number of aryl methyl sites for hydroxylation is 1. The van der Waals surface area contributed by atoms with Gasteiger partial charge in [-0.2, -0.15) is 0 Å². The number of nitrogens with zero attached hydrogens (tertiary/aromatic N) is 4. The number of pyridine rings is 1. The van der Waals surface area contributed by atoms with Gasteiger partial charge in [-0.25, -0.2) is 4.98 Å². The molecule has 1 atom stereocenters. The van der Waals surface area contributed by atoms with E-state index in [0.717, 1.165) is 31.1 Å². The number of nitrogens with two attached hydrogens (primary N) is 1. The second-order valence-corrected chi connectivity index (χ2v) is 5.11. The van der Waals surface area contributed by atoms with E-state index in [1.807, 2.05) is 19.1 Å². The lowest BCUT2D eigenvalue weighted by Crippen LogP contribution is -2.51. The van der Waals surface area contributed by atoms with Crippen LogP contribution in [0.2, 0.25) is 0 Å². The molecule has 2 heterocycles. The molecule has 0 saturated carbocycles. The summed E-state index contributed by atoms with van der Waals surface area (Å²) in [6.45, 7) is 6.96. The average Bonchev–Trinajstić information content (AvgIpc) is 2.38. The highest BCUT2D eigenvalue weighted by Crippen LogP contribution is 2.23. The van der Waals surface area contributed by atoms with Crippen molar-refractivity contribution >= 4 is 11.7 Å². The molecule has 1 aromatic heterocycles. The van der Waals surface area contributed by atoms with E-state index in [2.05, 4.69) is 33.9 Å². The number of rotatable bonds is 2. The SMILES string of the molecule is Cc1ccc(/C(N)=N/O)c(N2CCN(C)CC2C)n1. The first-order valence-corrected chi connectivity index (χ1v) is 6.43. The van der Waals surface area contributed by atoms with Gasteiger partial charge >= 0.3 is 0 Å². The van der Waals surface area contributed by atoms with Crippen molar-refractivity contribution in [1.82, 2.24) is 9.88 Å². The Balaban J connectivity index is 2.40. The second-order valence-electron chi connectivity index (χ2n) is 5.11. The zero-order valence-electron chi connectivity index (χ0n) is 11.7. The van der Waals surface area contributed by atoms with E-state index in [9.17, 15) is 0 Å². The van der Waals surface area contributed by atoms with Crippen LogP contribution in [0.3, 0.4) is 0 Å². The molecule has 0 amide bonds. The van der Waals surface area contributed by atoms with Crippen LogP contribution in [0.25, 0.3) is 0 Å². The zero-order valence-corrected chi connectivity index (χ0v) is 11.7. The molecule has 6 nitrogen and oxygen atoms in total. The fraction of sp³-hybridized carbons (Fsp3) is 0.538. The van der Waals surface area contributed by atoms with Crippen LogP contribution in [-0.4, -0.2) is 53.7 Å². The van der Waals surface area contributed by atoms with Gasteiger partial charge in [0.25, 0.3) is 0 Å². The Morgan fingerprint density at radius 2 is 2.21 bits per heavy atom. The standard InChI is InChI=1S/C13H21N5O/c1-9-4-5-11(12(14)16-19)13(15-9)18-7-6-17(3)8-10(18)2/h4-5,10,19H,6-8H2,1-3H3,(H2,14,16). The molecule has 0 aliphatic carbocycles. The lowest BCUT2D eigenvalue weighted by Gasteiger charge is -2.39. The summed E-state index contributed by atoms with van der Waals surface area (Å²) < 4.78 is 0. The summed E-state index contributed by atoms with van der Waals surface area (Å²) in [6, 6.07) is 4.08. The predicted octanol–water partition coefficient (Wildman–Crippen LogP) is 0.625. The first-order chi connectivity index (χ1) is 9.02. The maximum atomic E-state index is 8.90. The van der Waals surface area contributed by atoms with E-state index < -0.39 is 0 Å². The summed E-state index contributed by atoms with van der Waals surface area (Å²) in [7, 11) is 2.11. The van der Waals surface area contributed by atoms with E-state index in [-0.39, 0.29) is 5.84 Å². The molecule has 6 heteroatoms. The first kappa shape index (κ1) is 13.6. The van der Waals surface area contributed by atoms with Gasteiger partial charge in [0.05, 0.1) is 5.56 Å². The number of piperazine rings is 1. The van der Waals surface area contributed by atoms with Crippen LogP contribution in [0, 0.1) is 6.92 Å². The molecule has 0 spiro atoms. The normalized spacial score (nSPS) is 21.7. The lowest BCUT2D eigenvalue weighted by molar-refractivity contribution is 0.274. The monoisotopic (exact) mass is 263 g/mol. The number of oxime groups is 1. The number of aromatic nitrogens is 1. The van der Waals surface area contributed by atoms with Crippen molar-refractivity contribution in [1.29, 1.82) is 0 Å². The van der Waals surface area contributed by atoms with Gasteiger partial charge in [0.2, 0.25) is 0 Å². The minimum atomic E-state index is 0.105. The minimum Gasteiger partial charge on any atom is -0.409 e. The minimum absolute atomic E-state index is 0.105. The first-order valence-electron chi connectivity index (χ1n) is 6.43. The summed E-state index contributed by atoms with van der Waals surface area (Å²) in [5, 5.41) is 12.0. The summed E-state index contributed by atoms with van der Waals surface area (Å²) in [6.07, 6.45) is 0. The highest BCUT2D eigenvalue weighted by molar-refractivity contribution is 6.01. The van der Waals surface area contributed by atoms with Crippen molar-refractivity contribution in [3.05, 3.63) is 23.4 Å². The molecule has 1 aromatic rings. The maximum absolute atomic E-state index is 8.90. The fourth-order valence-corrected chi connectivity index (χ4v) is 2.47. The van der Waals surface area contributed by atoms with Crippen molar-refractivity contribution in [3.63, 3.8) is 0 Å². The molecule has 1 aliphatic heterocycles. The third-order valence-electron chi connectivity index (χ3n) is 3.50. The maximum Gasteiger partial charge on any atom is 0.173 e. The molecule has 2 rings (SSSR count). The Labute approximate surface area is 113 Å². The highest BCUT2D eigenvalue weighted by Gasteiger charge is 2.25. The topological polar surface area (TPSA) is 78.0 Å². The molecule has 104 valence electrons. The molecule has 0 radical (unpaired) electrons. The zero-order chi connectivity index (χ0) is 14.0. The molecule has 3 N–H and O–H groups in total. The Bertz CT molecular complexity index is 488. The molecule has 1 unspecified atom stereocenters. The quantitative estimate of drug-likeness (QED) is 0.354. The van der Waals surface area contributed by atoms with Crippen molar-refractivity contribution in [3.8, 4) is 0 Å². The van der Waals surface area contributed by atoms with Gasteiger partial charge in [-0.1, -0.05) is 5.16 Å². The largest absolute Gasteiger partial charge is 0.409 e. The van der Waals surface area contributed by atoms with E-state index >= 15 is 0 Å². The molecule has 0 bridgehead atoms. The highest BCUT2D eigenvalue weighted by atomic mass is 16.4. The van der Waals surface area contributed by atoms with Gasteiger partial charge < -0.3 is 20.7 Å². The third kappa shape index (κ3) is 2.78. The average molecular weight is 263 g/mol. The van der Waals surface area contributed by atoms with Crippen molar-refractivity contribution in [2.45, 2.75) is 19.9 Å². The third-order valence-corrected chi connectivity index (χ3v) is 3.50. The second kappa shape index (κ2) is 5.44. The van der Waals surface area contributed by atoms with E-state index in [1.54, 1.807) is 0 Å². The van der Waals surface area contributed by atoms with E-state index in [0.29, 0.717) is 11.6 Å². The number of likely N-dealkylation sites (N-methyl/N-ethyl adjacent to an activating group) is 1. The van der Waals surface area contributed by atoms with Crippen LogP contribution in [0.1, 0.15) is 18.2 Å². The van der Waals surface area contributed by atoms with Gasteiger partial charge in [-0.3, -0.25) is 0 Å². The number of hydrogen-bond acceptors (Lipinski definition) is 5. The Kier molecular flexibility index (Phi) is 3.90. The Morgan fingerprint density at radius 3 is 2.84 bits per heavy atom. The van der Waals surface area contributed by atoms with E-state index in [4.69, 9.17) is 10.9 Å². The van der Waals surface area contributed by atoms with Crippen LogP contribution in [0.5, 0.6) is 0 Å². The fourth-order valence-electron chi connectivity index (χ4n) is 2.47. The molecule has 1 fully saturated rings. The molecule has 0 aromatic carbocycles. The van der Waals surface area contributed by atoms with Crippen LogP contribution < -0.4 is 10.6 Å². The molecule has 1 saturated heterocycles. The predicted molar refractivity (Wildman–Crippen MR) is 75.8 cm³/mol. The summed E-state index contributed by atoms with van der Waals surface area (Å²) in [4.78, 5) is 9.09. The van der Waals surface area contributed by atoms with Gasteiger partial charge in [0.15, 0.2) is 5.84 Å². The summed E-state index contributed by atoms with van der Waals surface area (Å²) in [5.74, 6) is 0.907. The smallest absolute Gasteiger partial charge is 0.173 e. The lowest BCUT2D eigenvalue weighted by atomic mass is 10.1. The Hall–Kier alpha value is -1.82. The van der Waals surface area contributed by atoms with Gasteiger partial charge in [-0.15, -0.1) is 0 Å². The molecule has 19 heavy (non-hydrogen) atoms. The van der Waals surface area contributed by atoms with Gasteiger partial charge in [0.1, 0.15) is 5.82 Å². The molecular formula is C13H21N5O. The van der Waals surface area contributed by atoms with Crippen molar-refractivity contribution in [2.75, 3.05) is 31.6 Å². The Morgan fingerprint density at radius 1 is 1.47 bits per heavy atom. The van der Waals surface area contributed by atoms with E-state index in [1.165, 1.54) is 0 Å². The van der Waals surface area contributed by atoms with Crippen LogP contribution >= 0.6 is 0 Å². The van der Waals surface area contributed by atoms with Gasteiger partial charge in [0, 0.05) is 31.4 Å². The van der Waals surface area contributed by atoms with Crippen LogP contribution in [0.15, 0.2) is 17.3 Å². The van der Waals surface area contributed by atoms with Crippen LogP contribution in [-0.2, 0) is 0 Å². The summed E-state index contributed by atoms with van der Waals surface area (Å²) >= 11 is 0. The summed E-state index contributed by atoms with van der Waals surface area (Å²) in [5.41, 5.74) is 7.36. The number of amidine groups is 1.